The molecule has 37 heavy (non-hydrogen) atoms. The predicted octanol–water partition coefficient (Wildman–Crippen LogP) is 3.71. The third-order valence-corrected chi connectivity index (χ3v) is 8.93. The number of hydrogen-bond acceptors (Lipinski definition) is 8. The summed E-state index contributed by atoms with van der Waals surface area (Å²) in [5.74, 6) is 0.276. The number of primary sulfonamides is 1. The summed E-state index contributed by atoms with van der Waals surface area (Å²) in [6, 6.07) is 12.9. The van der Waals surface area contributed by atoms with E-state index in [0.29, 0.717) is 39.1 Å². The third-order valence-electron chi connectivity index (χ3n) is 5.89. The molecule has 0 saturated carbocycles. The number of thiophene rings is 1. The van der Waals surface area contributed by atoms with Crippen molar-refractivity contribution in [3.63, 3.8) is 0 Å². The topological polar surface area (TPSA) is 133 Å². The van der Waals surface area contributed by atoms with Gasteiger partial charge in [-0.3, -0.25) is 14.2 Å². The fourth-order valence-corrected chi connectivity index (χ4v) is 6.96. The second kappa shape index (κ2) is 10.3. The summed E-state index contributed by atoms with van der Waals surface area (Å²) in [7, 11) is -3.90. The maximum atomic E-state index is 13.8. The summed E-state index contributed by atoms with van der Waals surface area (Å²) >= 11 is 2.68. The molecule has 1 amide bonds. The number of nitrogens with one attached hydrogen (secondary N) is 1. The van der Waals surface area contributed by atoms with Gasteiger partial charge in [0.25, 0.3) is 5.56 Å². The molecule has 0 radical (unpaired) electrons. The van der Waals surface area contributed by atoms with Crippen molar-refractivity contribution in [2.75, 3.05) is 17.7 Å². The average Bonchev–Trinajstić information content (AvgIpc) is 3.44. The van der Waals surface area contributed by atoms with Gasteiger partial charge in [-0.05, 0) is 74.2 Å². The number of sulfonamides is 1. The van der Waals surface area contributed by atoms with Crippen molar-refractivity contribution in [2.24, 2.45) is 5.14 Å². The highest BCUT2D eigenvalue weighted by molar-refractivity contribution is 7.99. The van der Waals surface area contributed by atoms with E-state index in [1.165, 1.54) is 23.1 Å². The quantitative estimate of drug-likeness (QED) is 0.250. The van der Waals surface area contributed by atoms with E-state index in [4.69, 9.17) is 14.9 Å². The van der Waals surface area contributed by atoms with Gasteiger partial charge in [-0.15, -0.1) is 11.3 Å². The van der Waals surface area contributed by atoms with Crippen molar-refractivity contribution in [1.82, 2.24) is 9.55 Å². The number of carbonyl (C=O) groups excluding carboxylic acids is 1. The molecule has 0 spiro atoms. The van der Waals surface area contributed by atoms with Gasteiger partial charge in [0.05, 0.1) is 28.3 Å². The van der Waals surface area contributed by atoms with Gasteiger partial charge >= 0.3 is 0 Å². The van der Waals surface area contributed by atoms with Crippen LogP contribution < -0.4 is 20.8 Å². The van der Waals surface area contributed by atoms with Gasteiger partial charge in [0.2, 0.25) is 15.9 Å². The highest BCUT2D eigenvalue weighted by Gasteiger charge is 2.24. The molecule has 12 heteroatoms. The van der Waals surface area contributed by atoms with Crippen LogP contribution in [0, 0.1) is 0 Å². The van der Waals surface area contributed by atoms with Crippen LogP contribution in [0.5, 0.6) is 5.75 Å². The molecule has 192 valence electrons. The molecule has 0 bridgehead atoms. The number of aryl methyl sites for hydroxylation is 2. The first kappa shape index (κ1) is 25.5. The number of nitrogens with two attached hydrogens (primary N) is 1. The first-order valence-electron chi connectivity index (χ1n) is 11.6. The number of benzene rings is 2. The number of aromatic nitrogens is 2. The molecule has 1 aliphatic carbocycles. The minimum absolute atomic E-state index is 0.0420. The summed E-state index contributed by atoms with van der Waals surface area (Å²) in [5.41, 5.74) is 1.86. The number of ether oxygens (including phenoxy) is 1. The van der Waals surface area contributed by atoms with Crippen LogP contribution in [0.3, 0.4) is 0 Å². The number of amides is 1. The number of thioether (sulfide) groups is 1. The highest BCUT2D eigenvalue weighted by Crippen LogP contribution is 2.36. The number of fused-ring (bicyclic) bond motifs is 3. The normalized spacial score (nSPS) is 13.0. The Balaban J connectivity index is 1.46. The highest BCUT2D eigenvalue weighted by atomic mass is 32.2. The Morgan fingerprint density at radius 1 is 1.22 bits per heavy atom. The monoisotopic (exact) mass is 556 g/mol. The van der Waals surface area contributed by atoms with Crippen molar-refractivity contribution in [3.8, 4) is 11.4 Å². The van der Waals surface area contributed by atoms with Crippen LogP contribution in [0.1, 0.15) is 23.8 Å². The largest absolute Gasteiger partial charge is 0.494 e. The smallest absolute Gasteiger partial charge is 0.267 e. The van der Waals surface area contributed by atoms with E-state index in [2.05, 4.69) is 5.32 Å². The lowest BCUT2D eigenvalue weighted by molar-refractivity contribution is -0.113. The fraction of sp³-hybridized carbons (Fsp3) is 0.240. The van der Waals surface area contributed by atoms with Gasteiger partial charge in [0, 0.05) is 10.6 Å². The van der Waals surface area contributed by atoms with E-state index >= 15 is 0 Å². The zero-order chi connectivity index (χ0) is 26.2. The van der Waals surface area contributed by atoms with Crippen molar-refractivity contribution < 1.29 is 17.9 Å². The summed E-state index contributed by atoms with van der Waals surface area (Å²) in [4.78, 5) is 33.1. The first-order chi connectivity index (χ1) is 17.7. The number of nitrogens with zero attached hydrogens (tertiary/aromatic N) is 2. The van der Waals surface area contributed by atoms with Crippen LogP contribution in [-0.2, 0) is 27.7 Å². The van der Waals surface area contributed by atoms with Crippen molar-refractivity contribution >= 4 is 54.9 Å². The first-order valence-corrected chi connectivity index (χ1v) is 15.0. The Morgan fingerprint density at radius 2 is 2.00 bits per heavy atom. The zero-order valence-corrected chi connectivity index (χ0v) is 22.3. The van der Waals surface area contributed by atoms with Crippen LogP contribution in [0.25, 0.3) is 15.9 Å². The Labute approximate surface area is 221 Å². The maximum Gasteiger partial charge on any atom is 0.267 e. The lowest BCUT2D eigenvalue weighted by Gasteiger charge is -2.13. The van der Waals surface area contributed by atoms with E-state index in [-0.39, 0.29) is 22.1 Å². The molecule has 2 aromatic carbocycles. The van der Waals surface area contributed by atoms with Gasteiger partial charge in [-0.1, -0.05) is 17.8 Å². The molecular formula is C25H24N4O5S3. The van der Waals surface area contributed by atoms with Crippen molar-refractivity contribution in [1.29, 1.82) is 0 Å². The summed E-state index contributed by atoms with van der Waals surface area (Å²) in [5, 5.41) is 8.91. The third kappa shape index (κ3) is 5.28. The molecule has 4 aromatic rings. The molecular weight excluding hydrogens is 532 g/mol. The molecule has 5 rings (SSSR count). The van der Waals surface area contributed by atoms with Crippen molar-refractivity contribution in [2.45, 2.75) is 36.2 Å². The Morgan fingerprint density at radius 3 is 2.73 bits per heavy atom. The van der Waals surface area contributed by atoms with Gasteiger partial charge in [0.1, 0.15) is 10.6 Å². The Bertz CT molecular complexity index is 1660. The molecule has 2 aromatic heterocycles. The molecule has 0 saturated heterocycles. The molecule has 0 unspecified atom stereocenters. The van der Waals surface area contributed by atoms with Gasteiger partial charge < -0.3 is 10.1 Å². The number of rotatable bonds is 8. The second-order valence-electron chi connectivity index (χ2n) is 8.41. The summed E-state index contributed by atoms with van der Waals surface area (Å²) < 4.78 is 30.3. The Kier molecular flexibility index (Phi) is 7.08. The molecule has 3 N–H and O–H groups in total. The molecule has 2 heterocycles. The molecule has 0 fully saturated rings. The summed E-state index contributed by atoms with van der Waals surface area (Å²) in [6.45, 7) is 2.43. The maximum absolute atomic E-state index is 13.8. The van der Waals surface area contributed by atoms with Gasteiger partial charge in [-0.2, -0.15) is 0 Å². The van der Waals surface area contributed by atoms with Crippen LogP contribution >= 0.6 is 23.1 Å². The molecule has 1 aliphatic rings. The minimum Gasteiger partial charge on any atom is -0.494 e. The predicted molar refractivity (Wildman–Crippen MR) is 146 cm³/mol. The summed E-state index contributed by atoms with van der Waals surface area (Å²) in [6.07, 6.45) is 2.84. The lowest BCUT2D eigenvalue weighted by Crippen LogP contribution is -2.23. The molecule has 0 atom stereocenters. The average molecular weight is 557 g/mol. The van der Waals surface area contributed by atoms with E-state index < -0.39 is 10.0 Å². The van der Waals surface area contributed by atoms with Gasteiger partial charge in [0.15, 0.2) is 5.16 Å². The van der Waals surface area contributed by atoms with Crippen LogP contribution in [-0.4, -0.2) is 36.2 Å². The lowest BCUT2D eigenvalue weighted by atomic mass is 10.2. The zero-order valence-electron chi connectivity index (χ0n) is 19.9. The minimum atomic E-state index is -3.90. The SMILES string of the molecule is CCOc1ccc(-n2c(SCC(=O)Nc3cccc(S(N)(=O)=O)c3)nc3sc4c(c3c2=O)CCC4)cc1. The van der Waals surface area contributed by atoms with Crippen LogP contribution in [0.15, 0.2) is 63.4 Å². The second-order valence-corrected chi connectivity index (χ2v) is 12.0. The van der Waals surface area contributed by atoms with Gasteiger partial charge in [-0.25, -0.2) is 18.5 Å². The number of anilines is 1. The number of carbonyl (C=O) groups is 1. The van der Waals surface area contributed by atoms with E-state index in [1.807, 2.05) is 6.92 Å². The molecule has 0 aliphatic heterocycles. The van der Waals surface area contributed by atoms with Crippen molar-refractivity contribution in [3.05, 3.63) is 69.3 Å². The Hall–Kier alpha value is -3.19. The standard InChI is InChI=1S/C25H24N4O5S3/c1-2-34-17-11-9-16(10-12-17)29-24(31)22-19-7-4-8-20(19)36-23(22)28-25(29)35-14-21(30)27-15-5-3-6-18(13-15)37(26,32)33/h3,5-6,9-13H,2,4,7-8,14H2,1H3,(H,27,30)(H2,26,32,33). The fourth-order valence-electron chi connectivity index (χ4n) is 4.29. The van der Waals surface area contributed by atoms with Crippen LogP contribution in [0.2, 0.25) is 0 Å². The molecule has 9 nitrogen and oxygen atoms in total. The van der Waals surface area contributed by atoms with E-state index in [1.54, 1.807) is 46.2 Å². The number of hydrogen-bond donors (Lipinski definition) is 2. The van der Waals surface area contributed by atoms with Crippen LogP contribution in [0.4, 0.5) is 5.69 Å². The van der Waals surface area contributed by atoms with E-state index in [0.717, 1.165) is 36.6 Å². The van der Waals surface area contributed by atoms with E-state index in [9.17, 15) is 18.0 Å².